The van der Waals surface area contributed by atoms with Gasteiger partial charge in [-0.05, 0) is 24.5 Å². The van der Waals surface area contributed by atoms with Gasteiger partial charge in [-0.2, -0.15) is 0 Å². The maximum atomic E-state index is 10.7. The zero-order chi connectivity index (χ0) is 15.2. The second-order valence-corrected chi connectivity index (χ2v) is 5.56. The zero-order valence-electron chi connectivity index (χ0n) is 12.2. The van der Waals surface area contributed by atoms with Crippen LogP contribution in [-0.4, -0.2) is 31.4 Å². The van der Waals surface area contributed by atoms with Crippen molar-refractivity contribution in [1.29, 1.82) is 0 Å². The molecule has 0 saturated carbocycles. The van der Waals surface area contributed by atoms with E-state index >= 15 is 0 Å². The summed E-state index contributed by atoms with van der Waals surface area (Å²) < 4.78 is 2.06. The zero-order valence-corrected chi connectivity index (χ0v) is 13.1. The number of carbonyl (C=O) groups is 1. The van der Waals surface area contributed by atoms with Crippen molar-refractivity contribution in [3.63, 3.8) is 0 Å². The van der Waals surface area contributed by atoms with Gasteiger partial charge >= 0.3 is 5.97 Å². The van der Waals surface area contributed by atoms with Gasteiger partial charge in [0.05, 0.1) is 18.0 Å². The predicted octanol–water partition coefficient (Wildman–Crippen LogP) is 2.63. The molecule has 0 aliphatic carbocycles. The van der Waals surface area contributed by atoms with Crippen LogP contribution in [0.25, 0.3) is 0 Å². The Bertz CT molecular complexity index is 625. The summed E-state index contributed by atoms with van der Waals surface area (Å²) in [5.74, 6) is -0.817. The minimum atomic E-state index is -0.834. The van der Waals surface area contributed by atoms with Gasteiger partial charge in [0.15, 0.2) is 5.16 Å². The van der Waals surface area contributed by atoms with Crippen LogP contribution >= 0.6 is 11.8 Å². The minimum Gasteiger partial charge on any atom is -0.481 e. The molecule has 2 heterocycles. The molecule has 0 fully saturated rings. The van der Waals surface area contributed by atoms with E-state index in [1.807, 2.05) is 12.3 Å². The van der Waals surface area contributed by atoms with E-state index in [4.69, 9.17) is 5.11 Å². The van der Waals surface area contributed by atoms with E-state index < -0.39 is 5.97 Å². The highest BCUT2D eigenvalue weighted by molar-refractivity contribution is 7.99. The fourth-order valence-corrected chi connectivity index (χ4v) is 2.89. The Morgan fingerprint density at radius 3 is 2.81 bits per heavy atom. The monoisotopic (exact) mass is 305 g/mol. The first-order valence-corrected chi connectivity index (χ1v) is 7.96. The molecule has 0 saturated heterocycles. The average molecular weight is 305 g/mol. The maximum Gasteiger partial charge on any atom is 0.313 e. The summed E-state index contributed by atoms with van der Waals surface area (Å²) >= 11 is 1.25. The lowest BCUT2D eigenvalue weighted by atomic mass is 10.1. The van der Waals surface area contributed by atoms with Crippen LogP contribution in [-0.2, 0) is 24.2 Å². The molecule has 0 radical (unpaired) electrons. The third-order valence-electron chi connectivity index (χ3n) is 3.26. The highest BCUT2D eigenvalue weighted by atomic mass is 32.2. The van der Waals surface area contributed by atoms with Crippen molar-refractivity contribution in [2.24, 2.45) is 0 Å². The van der Waals surface area contributed by atoms with Gasteiger partial charge in [-0.25, -0.2) is 4.98 Å². The highest BCUT2D eigenvalue weighted by Gasteiger charge is 2.13. The van der Waals surface area contributed by atoms with Crippen molar-refractivity contribution in [2.45, 2.75) is 38.4 Å². The van der Waals surface area contributed by atoms with Crippen molar-refractivity contribution < 1.29 is 9.90 Å². The number of aliphatic carboxylic acids is 1. The predicted molar refractivity (Wildman–Crippen MR) is 82.7 cm³/mol. The molecule has 0 atom stereocenters. The second kappa shape index (κ2) is 7.26. The first kappa shape index (κ1) is 15.6. The van der Waals surface area contributed by atoms with Crippen molar-refractivity contribution in [3.8, 4) is 0 Å². The molecular weight excluding hydrogens is 286 g/mol. The fraction of sp³-hybridized carbons (Fsp3) is 0.400. The number of aromatic nitrogens is 3. The van der Waals surface area contributed by atoms with Crippen LogP contribution in [0.1, 0.15) is 30.8 Å². The van der Waals surface area contributed by atoms with Gasteiger partial charge in [0.1, 0.15) is 0 Å². The maximum absolute atomic E-state index is 10.7. The first-order chi connectivity index (χ1) is 10.2. The van der Waals surface area contributed by atoms with E-state index in [0.29, 0.717) is 6.54 Å². The van der Waals surface area contributed by atoms with Crippen molar-refractivity contribution in [1.82, 2.24) is 14.5 Å². The van der Waals surface area contributed by atoms with Gasteiger partial charge < -0.3 is 9.67 Å². The van der Waals surface area contributed by atoms with Crippen LogP contribution < -0.4 is 0 Å². The topological polar surface area (TPSA) is 68.0 Å². The van der Waals surface area contributed by atoms with E-state index in [1.165, 1.54) is 17.3 Å². The van der Waals surface area contributed by atoms with E-state index in [9.17, 15) is 4.79 Å². The van der Waals surface area contributed by atoms with Gasteiger partial charge in [0.2, 0.25) is 0 Å². The number of hydrogen-bond donors (Lipinski definition) is 1. The van der Waals surface area contributed by atoms with Gasteiger partial charge in [0.25, 0.3) is 0 Å². The molecular formula is C15H19N3O2S. The van der Waals surface area contributed by atoms with Crippen LogP contribution in [0.5, 0.6) is 0 Å². The van der Waals surface area contributed by atoms with Crippen LogP contribution in [0.3, 0.4) is 0 Å². The third-order valence-corrected chi connectivity index (χ3v) is 4.24. The SMILES string of the molecule is CCc1cccnc1Cn1c(CC)cnc1SCC(=O)O. The molecule has 21 heavy (non-hydrogen) atoms. The number of aryl methyl sites for hydroxylation is 2. The Morgan fingerprint density at radius 2 is 2.14 bits per heavy atom. The summed E-state index contributed by atoms with van der Waals surface area (Å²) in [6.45, 7) is 4.81. The molecule has 5 nitrogen and oxygen atoms in total. The van der Waals surface area contributed by atoms with Crippen LogP contribution in [0.4, 0.5) is 0 Å². The number of pyridine rings is 1. The van der Waals surface area contributed by atoms with Gasteiger partial charge in [-0.15, -0.1) is 0 Å². The van der Waals surface area contributed by atoms with E-state index in [2.05, 4.69) is 34.4 Å². The number of imidazole rings is 1. The second-order valence-electron chi connectivity index (χ2n) is 4.62. The lowest BCUT2D eigenvalue weighted by Gasteiger charge is -2.12. The van der Waals surface area contributed by atoms with Crippen LogP contribution in [0.15, 0.2) is 29.7 Å². The van der Waals surface area contributed by atoms with Crippen molar-refractivity contribution in [2.75, 3.05) is 5.75 Å². The van der Waals surface area contributed by atoms with Gasteiger partial charge in [-0.3, -0.25) is 9.78 Å². The molecule has 112 valence electrons. The molecule has 2 aromatic heterocycles. The number of rotatable bonds is 7. The quantitative estimate of drug-likeness (QED) is 0.796. The molecule has 0 aliphatic rings. The first-order valence-electron chi connectivity index (χ1n) is 6.97. The smallest absolute Gasteiger partial charge is 0.313 e. The summed E-state index contributed by atoms with van der Waals surface area (Å²) in [6, 6.07) is 4.02. The fourth-order valence-electron chi connectivity index (χ4n) is 2.17. The van der Waals surface area contributed by atoms with Gasteiger partial charge in [0, 0.05) is 18.1 Å². The van der Waals surface area contributed by atoms with E-state index in [-0.39, 0.29) is 5.75 Å². The number of thioether (sulfide) groups is 1. The summed E-state index contributed by atoms with van der Waals surface area (Å²) in [4.78, 5) is 19.6. The molecule has 0 aromatic carbocycles. The number of carboxylic acid groups (broad SMARTS) is 1. The third kappa shape index (κ3) is 3.85. The molecule has 0 aliphatic heterocycles. The molecule has 1 N–H and O–H groups in total. The molecule has 0 bridgehead atoms. The van der Waals surface area contributed by atoms with Gasteiger partial charge in [-0.1, -0.05) is 31.7 Å². The Balaban J connectivity index is 2.28. The Kier molecular flexibility index (Phi) is 5.38. The number of nitrogens with zero attached hydrogens (tertiary/aromatic N) is 3. The lowest BCUT2D eigenvalue weighted by Crippen LogP contribution is -2.10. The molecule has 0 spiro atoms. The normalized spacial score (nSPS) is 10.8. The summed E-state index contributed by atoms with van der Waals surface area (Å²) in [5, 5.41) is 9.57. The highest BCUT2D eigenvalue weighted by Crippen LogP contribution is 2.21. The number of carboxylic acids is 1. The molecule has 2 aromatic rings. The molecule has 6 heteroatoms. The van der Waals surface area contributed by atoms with E-state index in [0.717, 1.165) is 29.4 Å². The summed E-state index contributed by atoms with van der Waals surface area (Å²) in [7, 11) is 0. The summed E-state index contributed by atoms with van der Waals surface area (Å²) in [6.07, 6.45) is 5.39. The molecule has 0 amide bonds. The van der Waals surface area contributed by atoms with Crippen LogP contribution in [0, 0.1) is 0 Å². The minimum absolute atomic E-state index is 0.0169. The Labute approximate surface area is 128 Å². The van der Waals surface area contributed by atoms with Crippen molar-refractivity contribution in [3.05, 3.63) is 41.5 Å². The standard InChI is InChI=1S/C15H19N3O2S/c1-3-11-6-5-7-16-13(11)9-18-12(4-2)8-17-15(18)21-10-14(19)20/h5-8H,3-4,9-10H2,1-2H3,(H,19,20). The van der Waals surface area contributed by atoms with Crippen LogP contribution in [0.2, 0.25) is 0 Å². The lowest BCUT2D eigenvalue weighted by molar-refractivity contribution is -0.133. The Morgan fingerprint density at radius 1 is 1.33 bits per heavy atom. The summed E-state index contributed by atoms with van der Waals surface area (Å²) in [5.41, 5.74) is 3.32. The van der Waals surface area contributed by atoms with Crippen molar-refractivity contribution >= 4 is 17.7 Å². The number of hydrogen-bond acceptors (Lipinski definition) is 4. The average Bonchev–Trinajstić information content (AvgIpc) is 2.87. The largest absolute Gasteiger partial charge is 0.481 e. The molecule has 0 unspecified atom stereocenters. The molecule has 2 rings (SSSR count). The van der Waals surface area contributed by atoms with E-state index in [1.54, 1.807) is 6.20 Å². The Hall–Kier alpha value is -1.82.